The second kappa shape index (κ2) is 17.1. The lowest BCUT2D eigenvalue weighted by atomic mass is 9.89. The van der Waals surface area contributed by atoms with Gasteiger partial charge in [0, 0.05) is 57.1 Å². The van der Waals surface area contributed by atoms with Gasteiger partial charge >= 0.3 is 6.03 Å². The first-order valence-corrected chi connectivity index (χ1v) is 18.8. The van der Waals surface area contributed by atoms with Crippen LogP contribution in [0.4, 0.5) is 16.6 Å². The summed E-state index contributed by atoms with van der Waals surface area (Å²) in [6.07, 6.45) is 7.66. The fourth-order valence-electron chi connectivity index (χ4n) is 6.72. The average Bonchev–Trinajstić information content (AvgIpc) is 3.50. The van der Waals surface area contributed by atoms with E-state index in [1.54, 1.807) is 42.3 Å². The highest BCUT2D eigenvalue weighted by Gasteiger charge is 2.26. The van der Waals surface area contributed by atoms with Gasteiger partial charge in [-0.25, -0.2) is 23.3 Å². The number of carbonyl (C=O) groups is 2. The third-order valence-corrected chi connectivity index (χ3v) is 11.3. The summed E-state index contributed by atoms with van der Waals surface area (Å²) >= 11 is 5.89. The van der Waals surface area contributed by atoms with E-state index >= 15 is 0 Å². The van der Waals surface area contributed by atoms with Gasteiger partial charge in [-0.15, -0.1) is 0 Å². The van der Waals surface area contributed by atoms with Gasteiger partial charge in [-0.3, -0.25) is 14.5 Å². The summed E-state index contributed by atoms with van der Waals surface area (Å²) in [6.45, 7) is 3.88. The maximum absolute atomic E-state index is 13.5. The van der Waals surface area contributed by atoms with Gasteiger partial charge in [-0.05, 0) is 80.6 Å². The normalized spacial score (nSPS) is 16.4. The summed E-state index contributed by atoms with van der Waals surface area (Å²) in [4.78, 5) is 36.5. The summed E-state index contributed by atoms with van der Waals surface area (Å²) < 4.78 is 17.3. The number of aldehydes is 1. The zero-order valence-electron chi connectivity index (χ0n) is 29.2. The van der Waals surface area contributed by atoms with Crippen molar-refractivity contribution in [2.24, 2.45) is 7.05 Å². The van der Waals surface area contributed by atoms with Gasteiger partial charge in [0.1, 0.15) is 23.3 Å². The lowest BCUT2D eigenvalue weighted by Crippen LogP contribution is -2.40. The molecule has 2 aliphatic heterocycles. The third-order valence-electron chi connectivity index (χ3n) is 9.58. The number of nitriles is 1. The average molecular weight is 741 g/mol. The molecule has 4 heterocycles. The van der Waals surface area contributed by atoms with Crippen molar-refractivity contribution in [1.82, 2.24) is 34.3 Å². The number of benzene rings is 2. The molecule has 2 fully saturated rings. The number of aryl methyl sites for hydroxylation is 1. The standard InChI is InChI=1S/C37H41ClN10O3S/c1-40-37(50)48(15-4-20-49)35-33-9-7-28(22-34(33)45(2)44-35)26-10-16-46(17-11-26)14-3-5-27-21-32(8-6-29(27)23-39)52(51)47-18-12-31(13-19-47)43-36-41-24-30(38)25-42-36/h6-9,20-22,24-26,31H,4,10-19H2,1-2H3,(H,40,50)(H,41,42,43). The van der Waals surface area contributed by atoms with Crippen molar-refractivity contribution in [3.05, 3.63) is 70.5 Å². The van der Waals surface area contributed by atoms with Gasteiger partial charge in [-0.2, -0.15) is 10.4 Å². The predicted octanol–water partition coefficient (Wildman–Crippen LogP) is 4.45. The Morgan fingerprint density at radius 2 is 1.83 bits per heavy atom. The maximum Gasteiger partial charge on any atom is 0.322 e. The molecule has 15 heteroatoms. The monoisotopic (exact) mass is 740 g/mol. The van der Waals surface area contributed by atoms with E-state index < -0.39 is 11.0 Å². The number of rotatable bonds is 10. The SMILES string of the molecule is CNC(=O)N(CCC=O)c1nn(C)c2cc(C3CCN(CC#Cc4cc(S(=O)N5CCC(Nc6ncc(Cl)cn6)CC5)ccc4C#N)CC3)ccc12. The Hall–Kier alpha value is -4.86. The Labute approximate surface area is 310 Å². The number of urea groups is 1. The number of halogens is 1. The quantitative estimate of drug-likeness (QED) is 0.177. The molecule has 0 bridgehead atoms. The number of nitrogens with zero attached hydrogens (tertiary/aromatic N) is 8. The maximum atomic E-state index is 13.5. The van der Waals surface area contributed by atoms with E-state index in [4.69, 9.17) is 11.6 Å². The van der Waals surface area contributed by atoms with Crippen LogP contribution in [0.3, 0.4) is 0 Å². The lowest BCUT2D eigenvalue weighted by molar-refractivity contribution is -0.107. The van der Waals surface area contributed by atoms with Crippen molar-refractivity contribution in [3.8, 4) is 17.9 Å². The van der Waals surface area contributed by atoms with Gasteiger partial charge < -0.3 is 15.4 Å². The van der Waals surface area contributed by atoms with Crippen LogP contribution in [0, 0.1) is 23.2 Å². The van der Waals surface area contributed by atoms with Crippen LogP contribution in [0.1, 0.15) is 54.7 Å². The first kappa shape index (κ1) is 36.9. The molecule has 1 unspecified atom stereocenters. The number of nitrogens with one attached hydrogen (secondary N) is 2. The van der Waals surface area contributed by atoms with E-state index in [0.29, 0.717) is 58.4 Å². The molecule has 0 radical (unpaired) electrons. The Morgan fingerprint density at radius 1 is 1.08 bits per heavy atom. The fourth-order valence-corrected chi connectivity index (χ4v) is 8.06. The van der Waals surface area contributed by atoms with E-state index in [2.05, 4.69) is 60.6 Å². The van der Waals surface area contributed by atoms with E-state index in [1.807, 2.05) is 17.4 Å². The molecule has 1 atom stereocenters. The first-order chi connectivity index (χ1) is 25.3. The molecule has 2 N–H and O–H groups in total. The third kappa shape index (κ3) is 8.60. The smallest absolute Gasteiger partial charge is 0.322 e. The summed E-state index contributed by atoms with van der Waals surface area (Å²) in [5, 5.41) is 21.7. The van der Waals surface area contributed by atoms with Crippen LogP contribution in [0.15, 0.2) is 53.7 Å². The van der Waals surface area contributed by atoms with E-state index in [0.717, 1.165) is 56.0 Å². The van der Waals surface area contributed by atoms with Crippen LogP contribution in [0.25, 0.3) is 10.9 Å². The molecule has 0 saturated carbocycles. The number of amides is 2. The highest BCUT2D eigenvalue weighted by atomic mass is 35.5. The molecule has 2 aromatic carbocycles. The molecular formula is C37H41ClN10O3S. The van der Waals surface area contributed by atoms with Crippen LogP contribution < -0.4 is 15.5 Å². The van der Waals surface area contributed by atoms with Crippen molar-refractivity contribution in [2.45, 2.75) is 49.0 Å². The number of hydrogen-bond acceptors (Lipinski definition) is 9. The Balaban J connectivity index is 1.04. The summed E-state index contributed by atoms with van der Waals surface area (Å²) in [5.74, 6) is 7.90. The molecule has 13 nitrogen and oxygen atoms in total. The predicted molar refractivity (Wildman–Crippen MR) is 201 cm³/mol. The topological polar surface area (TPSA) is 152 Å². The van der Waals surface area contributed by atoms with Gasteiger partial charge in [0.05, 0.1) is 39.9 Å². The van der Waals surface area contributed by atoms with Gasteiger partial charge in [0.25, 0.3) is 0 Å². The van der Waals surface area contributed by atoms with Crippen molar-refractivity contribution in [2.75, 3.05) is 56.5 Å². The van der Waals surface area contributed by atoms with Crippen LogP contribution in [-0.4, -0.2) is 97.8 Å². The Bertz CT molecular complexity index is 2040. The minimum atomic E-state index is -1.37. The van der Waals surface area contributed by atoms with E-state index in [9.17, 15) is 19.1 Å². The minimum Gasteiger partial charge on any atom is -0.351 e. The molecule has 0 aliphatic carbocycles. The van der Waals surface area contributed by atoms with Crippen molar-refractivity contribution < 1.29 is 13.8 Å². The summed E-state index contributed by atoms with van der Waals surface area (Å²) in [5.41, 5.74) is 3.22. The highest BCUT2D eigenvalue weighted by Crippen LogP contribution is 2.33. The van der Waals surface area contributed by atoms with Gasteiger partial charge in [0.15, 0.2) is 5.82 Å². The zero-order valence-corrected chi connectivity index (χ0v) is 30.8. The first-order valence-electron chi connectivity index (χ1n) is 17.3. The van der Waals surface area contributed by atoms with Crippen LogP contribution in [0.2, 0.25) is 5.02 Å². The molecule has 4 aromatic rings. The number of carbonyl (C=O) groups excluding carboxylic acids is 2. The molecule has 270 valence electrons. The van der Waals surface area contributed by atoms with Crippen LogP contribution in [0.5, 0.6) is 0 Å². The number of aromatic nitrogens is 4. The molecule has 0 spiro atoms. The number of likely N-dealkylation sites (tertiary alicyclic amines) is 1. The van der Waals surface area contributed by atoms with E-state index in [1.165, 1.54) is 10.5 Å². The number of piperidine rings is 2. The highest BCUT2D eigenvalue weighted by molar-refractivity contribution is 7.82. The second-order valence-electron chi connectivity index (χ2n) is 12.9. The molecule has 52 heavy (non-hydrogen) atoms. The summed E-state index contributed by atoms with van der Waals surface area (Å²) in [7, 11) is 2.06. The van der Waals surface area contributed by atoms with Crippen LogP contribution in [-0.2, 0) is 22.8 Å². The Kier molecular flexibility index (Phi) is 12.1. The zero-order chi connectivity index (χ0) is 36.6. The molecule has 6 rings (SSSR count). The molecule has 2 saturated heterocycles. The van der Waals surface area contributed by atoms with Crippen LogP contribution >= 0.6 is 11.6 Å². The molecule has 2 amide bonds. The van der Waals surface area contributed by atoms with Gasteiger partial charge in [0.2, 0.25) is 5.95 Å². The van der Waals surface area contributed by atoms with Crippen molar-refractivity contribution in [1.29, 1.82) is 5.26 Å². The minimum absolute atomic E-state index is 0.174. The molecule has 2 aliphatic rings. The number of hydrogen-bond donors (Lipinski definition) is 2. The number of fused-ring (bicyclic) bond motifs is 1. The largest absolute Gasteiger partial charge is 0.351 e. The lowest BCUT2D eigenvalue weighted by Gasteiger charge is -2.31. The summed E-state index contributed by atoms with van der Waals surface area (Å²) in [6, 6.07) is 13.6. The second-order valence-corrected chi connectivity index (χ2v) is 14.8. The van der Waals surface area contributed by atoms with E-state index in [-0.39, 0.29) is 25.0 Å². The molecular weight excluding hydrogens is 700 g/mol. The van der Waals surface area contributed by atoms with Crippen molar-refractivity contribution >= 4 is 57.6 Å². The van der Waals surface area contributed by atoms with Gasteiger partial charge in [-0.1, -0.05) is 29.5 Å². The fraction of sp³-hybridized carbons (Fsp3) is 0.405. The molecule has 2 aromatic heterocycles. The Morgan fingerprint density at radius 3 is 2.52 bits per heavy atom. The number of anilines is 2. The van der Waals surface area contributed by atoms with Crippen molar-refractivity contribution in [3.63, 3.8) is 0 Å².